The van der Waals surface area contributed by atoms with Crippen molar-refractivity contribution in [1.29, 1.82) is 0 Å². The van der Waals surface area contributed by atoms with Crippen molar-refractivity contribution in [2.24, 2.45) is 10.8 Å². The molecule has 8 aromatic rings. The molecule has 1 aliphatic rings. The summed E-state index contributed by atoms with van der Waals surface area (Å²) in [6.45, 7) is 46.2. The molecule has 1 aliphatic heterocycles. The van der Waals surface area contributed by atoms with Crippen LogP contribution in [-0.4, -0.2) is 9.55 Å². The summed E-state index contributed by atoms with van der Waals surface area (Å²) in [5.74, 6) is 2.07. The molecule has 76 heavy (non-hydrogen) atoms. The minimum atomic E-state index is -0.264. The minimum absolute atomic E-state index is 0. The second-order valence-electron chi connectivity index (χ2n) is 27.3. The van der Waals surface area contributed by atoms with E-state index in [9.17, 15) is 0 Å². The van der Waals surface area contributed by atoms with Gasteiger partial charge in [-0.25, -0.2) is 4.98 Å². The fourth-order valence-electron chi connectivity index (χ4n) is 10.7. The summed E-state index contributed by atoms with van der Waals surface area (Å²) < 4.78 is 9.37. The number of hydrogen-bond acceptors (Lipinski definition) is 4. The Morgan fingerprint density at radius 1 is 0.421 bits per heavy atom. The van der Waals surface area contributed by atoms with Crippen LogP contribution < -0.4 is 14.5 Å². The molecular formula is C70H81N4OPt-3. The smallest absolute Gasteiger partial charge is 0.135 e. The normalized spacial score (nSPS) is 14.2. The van der Waals surface area contributed by atoms with Crippen molar-refractivity contribution in [3.8, 4) is 17.3 Å². The zero-order valence-electron chi connectivity index (χ0n) is 48.9. The van der Waals surface area contributed by atoms with Crippen LogP contribution in [-0.2, 0) is 48.1 Å². The number of anilines is 2. The molecule has 400 valence electrons. The first-order valence-electron chi connectivity index (χ1n) is 27.0. The molecule has 5 nitrogen and oxygen atoms in total. The molecule has 0 amide bonds. The minimum Gasteiger partial charge on any atom is -0.509 e. The van der Waals surface area contributed by atoms with Gasteiger partial charge in [0.05, 0.1) is 0 Å². The Bertz CT molecular complexity index is 3420. The van der Waals surface area contributed by atoms with Crippen molar-refractivity contribution in [3.05, 3.63) is 209 Å². The van der Waals surface area contributed by atoms with Crippen LogP contribution in [0.15, 0.2) is 151 Å². The SMILES string of the molecule is CC(C)(C)C1=C(C(C)(C)C)N(c2cc(C(C)(C)C)cc(C(C)(C)C)c2)[CH-]N1c1[c-]c(Oc2[c-]c3c(cc2)c2cc(C(C)(C)c4ccccc4)ccc2n3-c2cc(C(C)(C)c3ccccc3)ccn2)cc(C(C)(C)C)c1.[Pt]. The first-order valence-corrected chi connectivity index (χ1v) is 27.0. The van der Waals surface area contributed by atoms with Crippen molar-refractivity contribution in [2.75, 3.05) is 9.80 Å². The van der Waals surface area contributed by atoms with Gasteiger partial charge in [-0.2, -0.15) is 6.07 Å². The number of rotatable bonds is 9. The predicted octanol–water partition coefficient (Wildman–Crippen LogP) is 18.9. The summed E-state index contributed by atoms with van der Waals surface area (Å²) >= 11 is 0. The molecule has 0 fully saturated rings. The van der Waals surface area contributed by atoms with E-state index in [2.05, 4.69) is 298 Å². The molecule has 0 spiro atoms. The fraction of sp³-hybridized carbons (Fsp3) is 0.371. The molecule has 6 aromatic carbocycles. The van der Waals surface area contributed by atoms with Crippen molar-refractivity contribution in [2.45, 2.75) is 159 Å². The van der Waals surface area contributed by atoms with E-state index in [-0.39, 0.29) is 59.0 Å². The molecule has 0 unspecified atom stereocenters. The molecule has 3 heterocycles. The molecule has 0 saturated carbocycles. The van der Waals surface area contributed by atoms with Gasteiger partial charge in [0, 0.05) is 83.0 Å². The van der Waals surface area contributed by atoms with Gasteiger partial charge >= 0.3 is 0 Å². The number of pyridine rings is 1. The number of benzene rings is 6. The van der Waals surface area contributed by atoms with Crippen molar-refractivity contribution in [3.63, 3.8) is 0 Å². The summed E-state index contributed by atoms with van der Waals surface area (Å²) in [6.07, 6.45) is 1.95. The van der Waals surface area contributed by atoms with Gasteiger partial charge in [0.2, 0.25) is 0 Å². The molecule has 9 rings (SSSR count). The van der Waals surface area contributed by atoms with Gasteiger partial charge in [-0.3, -0.25) is 0 Å². The van der Waals surface area contributed by atoms with Crippen LogP contribution in [0.3, 0.4) is 0 Å². The van der Waals surface area contributed by atoms with Gasteiger partial charge in [0.1, 0.15) is 5.82 Å². The van der Waals surface area contributed by atoms with Crippen LogP contribution >= 0.6 is 0 Å². The third-order valence-corrected chi connectivity index (χ3v) is 15.5. The second-order valence-corrected chi connectivity index (χ2v) is 27.3. The largest absolute Gasteiger partial charge is 0.509 e. The van der Waals surface area contributed by atoms with Crippen molar-refractivity contribution < 1.29 is 25.8 Å². The quantitative estimate of drug-likeness (QED) is 0.135. The van der Waals surface area contributed by atoms with E-state index >= 15 is 0 Å². The number of nitrogens with zero attached hydrogens (tertiary/aromatic N) is 4. The van der Waals surface area contributed by atoms with Gasteiger partial charge in [-0.1, -0.05) is 216 Å². The number of fused-ring (bicyclic) bond motifs is 3. The van der Waals surface area contributed by atoms with Gasteiger partial charge in [-0.05, 0) is 85.3 Å². The predicted molar refractivity (Wildman–Crippen MR) is 318 cm³/mol. The Balaban J connectivity index is 0.00000765. The van der Waals surface area contributed by atoms with Crippen LogP contribution in [0, 0.1) is 29.6 Å². The van der Waals surface area contributed by atoms with Crippen LogP contribution in [0.4, 0.5) is 11.4 Å². The average Bonchev–Trinajstić information content (AvgIpc) is 3.92. The van der Waals surface area contributed by atoms with Crippen LogP contribution in [0.2, 0.25) is 0 Å². The van der Waals surface area contributed by atoms with E-state index < -0.39 is 0 Å². The number of allylic oxidation sites excluding steroid dienone is 2. The Hall–Kier alpha value is -5.90. The van der Waals surface area contributed by atoms with E-state index in [0.29, 0.717) is 11.5 Å². The maximum absolute atomic E-state index is 7.10. The van der Waals surface area contributed by atoms with Crippen molar-refractivity contribution in [1.82, 2.24) is 9.55 Å². The molecular weight excluding hydrogens is 1110 g/mol. The van der Waals surface area contributed by atoms with Crippen LogP contribution in [0.5, 0.6) is 11.5 Å². The number of aromatic nitrogens is 2. The van der Waals surface area contributed by atoms with E-state index in [4.69, 9.17) is 9.72 Å². The third kappa shape index (κ3) is 10.9. The first-order chi connectivity index (χ1) is 34.8. The topological polar surface area (TPSA) is 33.5 Å². The molecule has 0 bridgehead atoms. The summed E-state index contributed by atoms with van der Waals surface area (Å²) in [5, 5.41) is 2.22. The third-order valence-electron chi connectivity index (χ3n) is 15.5. The molecule has 6 heteroatoms. The van der Waals surface area contributed by atoms with Gasteiger partial charge < -0.3 is 19.1 Å². The molecule has 0 N–H and O–H groups in total. The Labute approximate surface area is 471 Å². The summed E-state index contributed by atoms with van der Waals surface area (Å²) in [4.78, 5) is 9.95. The molecule has 0 radical (unpaired) electrons. The summed E-state index contributed by atoms with van der Waals surface area (Å²) in [5.41, 5.74) is 14.1. The maximum atomic E-state index is 7.10. The average molecular weight is 1190 g/mol. The number of ether oxygens (including phenoxy) is 1. The standard InChI is InChI=1S/C70H81N4O.Pt/c1-64(2,3)50-36-51(65(4,5)6)38-53(37-50)72-45-73(63(68(13,14)15)62(72)67(10,11)12)54-39-52(66(7,8)9)40-56(43-54)75-55-31-32-57-58-41-48(69(16,17)46-26-22-20-23-27-46)30-33-59(58)74(60(57)44-55)61-42-49(34-35-71-61)70(18,19)47-28-24-21-25-29-47;/h20-42,45H,1-19H3;/q-3;. The van der Waals surface area contributed by atoms with Gasteiger partial charge in [0.15, 0.2) is 0 Å². The first kappa shape index (κ1) is 56.3. The summed E-state index contributed by atoms with van der Waals surface area (Å²) in [6, 6.07) is 56.4. The molecule has 0 atom stereocenters. The molecule has 0 saturated heterocycles. The van der Waals surface area contributed by atoms with Crippen LogP contribution in [0.25, 0.3) is 27.6 Å². The fourth-order valence-corrected chi connectivity index (χ4v) is 10.7. The van der Waals surface area contributed by atoms with Gasteiger partial charge in [-0.15, -0.1) is 53.6 Å². The monoisotopic (exact) mass is 1190 g/mol. The number of hydrogen-bond donors (Lipinski definition) is 0. The Morgan fingerprint density at radius 2 is 0.934 bits per heavy atom. The van der Waals surface area contributed by atoms with Gasteiger partial charge in [0.25, 0.3) is 0 Å². The zero-order chi connectivity index (χ0) is 54.4. The molecule has 0 aliphatic carbocycles. The van der Waals surface area contributed by atoms with E-state index in [1.54, 1.807) is 0 Å². The maximum Gasteiger partial charge on any atom is 0.135 e. The Morgan fingerprint density at radius 3 is 1.46 bits per heavy atom. The second kappa shape index (κ2) is 19.8. The van der Waals surface area contributed by atoms with E-state index in [1.165, 1.54) is 50.5 Å². The van der Waals surface area contributed by atoms with Crippen LogP contribution in [0.1, 0.15) is 170 Å². The van der Waals surface area contributed by atoms with E-state index in [1.807, 2.05) is 6.20 Å². The zero-order valence-corrected chi connectivity index (χ0v) is 51.1. The van der Waals surface area contributed by atoms with Crippen molar-refractivity contribution >= 4 is 33.2 Å². The van der Waals surface area contributed by atoms with E-state index in [0.717, 1.165) is 38.9 Å². The summed E-state index contributed by atoms with van der Waals surface area (Å²) in [7, 11) is 0. The Kier molecular flexibility index (Phi) is 14.7. The molecule has 2 aromatic heterocycles.